The highest BCUT2D eigenvalue weighted by molar-refractivity contribution is 14.0. The Morgan fingerprint density at radius 2 is 1.52 bits per heavy atom. The second-order valence-electron chi connectivity index (χ2n) is 8.53. The fraction of sp³-hybridized carbons (Fsp3) is 0.762. The van der Waals surface area contributed by atoms with Crippen molar-refractivity contribution in [3.8, 4) is 0 Å². The van der Waals surface area contributed by atoms with Gasteiger partial charge in [0.25, 0.3) is 0 Å². The molecule has 2 saturated heterocycles. The number of aromatic nitrogens is 2. The van der Waals surface area contributed by atoms with Crippen LogP contribution >= 0.6 is 24.0 Å². The van der Waals surface area contributed by atoms with Crippen LogP contribution in [-0.2, 0) is 0 Å². The number of hydrogen-bond acceptors (Lipinski definition) is 5. The normalized spacial score (nSPS) is 23.5. The zero-order chi connectivity index (χ0) is 19.2. The number of halogens is 1. The third kappa shape index (κ3) is 5.51. The number of guanidine groups is 1. The molecule has 1 aromatic heterocycles. The maximum absolute atomic E-state index is 6.45. The van der Waals surface area contributed by atoms with E-state index in [1.807, 2.05) is 6.07 Å². The van der Waals surface area contributed by atoms with E-state index >= 15 is 0 Å². The summed E-state index contributed by atoms with van der Waals surface area (Å²) in [7, 11) is 0. The van der Waals surface area contributed by atoms with E-state index < -0.39 is 0 Å². The number of piperazine rings is 1. The van der Waals surface area contributed by atoms with Crippen LogP contribution in [0.5, 0.6) is 0 Å². The van der Waals surface area contributed by atoms with Gasteiger partial charge in [0.05, 0.1) is 6.54 Å². The Kier molecular flexibility index (Phi) is 8.35. The molecule has 8 heteroatoms. The van der Waals surface area contributed by atoms with Crippen molar-refractivity contribution in [1.82, 2.24) is 19.8 Å². The molecule has 0 spiro atoms. The largest absolute Gasteiger partial charge is 0.370 e. The summed E-state index contributed by atoms with van der Waals surface area (Å²) in [5.74, 6) is 1.53. The molecule has 1 aliphatic carbocycles. The van der Waals surface area contributed by atoms with Crippen LogP contribution in [0.4, 0.5) is 5.95 Å². The number of anilines is 1. The molecule has 3 fully saturated rings. The van der Waals surface area contributed by atoms with E-state index in [-0.39, 0.29) is 29.5 Å². The second-order valence-corrected chi connectivity index (χ2v) is 8.53. The van der Waals surface area contributed by atoms with Gasteiger partial charge in [-0.05, 0) is 44.8 Å². The Labute approximate surface area is 192 Å². The first kappa shape index (κ1) is 22.5. The quantitative estimate of drug-likeness (QED) is 0.379. The van der Waals surface area contributed by atoms with Gasteiger partial charge in [-0.1, -0.05) is 25.7 Å². The minimum absolute atomic E-state index is 0. The molecule has 0 radical (unpaired) electrons. The van der Waals surface area contributed by atoms with Crippen molar-refractivity contribution in [2.75, 3.05) is 50.7 Å². The lowest BCUT2D eigenvalue weighted by Crippen LogP contribution is -2.55. The van der Waals surface area contributed by atoms with Crippen molar-refractivity contribution in [2.24, 2.45) is 10.7 Å². The van der Waals surface area contributed by atoms with E-state index in [0.29, 0.717) is 0 Å². The zero-order valence-electron chi connectivity index (χ0n) is 17.5. The summed E-state index contributed by atoms with van der Waals surface area (Å²) in [6, 6.07) is 1.85. The molecule has 3 heterocycles. The molecule has 1 aromatic rings. The van der Waals surface area contributed by atoms with Gasteiger partial charge in [0.1, 0.15) is 0 Å². The smallest absolute Gasteiger partial charge is 0.225 e. The number of aliphatic imine (C=N–C) groups is 1. The van der Waals surface area contributed by atoms with Crippen molar-refractivity contribution in [3.05, 3.63) is 18.5 Å². The molecular weight excluding hydrogens is 477 g/mol. The van der Waals surface area contributed by atoms with Gasteiger partial charge in [-0.15, -0.1) is 24.0 Å². The van der Waals surface area contributed by atoms with Crippen LogP contribution in [0.1, 0.15) is 51.4 Å². The van der Waals surface area contributed by atoms with E-state index in [1.165, 1.54) is 64.5 Å². The number of piperidine rings is 1. The molecule has 1 saturated carbocycles. The first-order valence-electron chi connectivity index (χ1n) is 11.1. The van der Waals surface area contributed by atoms with E-state index in [2.05, 4.69) is 24.7 Å². The summed E-state index contributed by atoms with van der Waals surface area (Å²) < 4.78 is 0. The van der Waals surface area contributed by atoms with Gasteiger partial charge in [-0.2, -0.15) is 0 Å². The predicted octanol–water partition coefficient (Wildman–Crippen LogP) is 2.72. The minimum Gasteiger partial charge on any atom is -0.370 e. The van der Waals surface area contributed by atoms with Gasteiger partial charge in [-0.25, -0.2) is 9.97 Å². The third-order valence-electron chi connectivity index (χ3n) is 6.79. The Morgan fingerprint density at radius 1 is 0.897 bits per heavy atom. The highest BCUT2D eigenvalue weighted by atomic mass is 127. The van der Waals surface area contributed by atoms with E-state index in [9.17, 15) is 0 Å². The first-order valence-corrected chi connectivity index (χ1v) is 11.1. The van der Waals surface area contributed by atoms with Gasteiger partial charge in [-0.3, -0.25) is 9.89 Å². The van der Waals surface area contributed by atoms with Gasteiger partial charge < -0.3 is 15.5 Å². The van der Waals surface area contributed by atoms with Crippen LogP contribution in [0.25, 0.3) is 0 Å². The minimum atomic E-state index is 0. The van der Waals surface area contributed by atoms with E-state index in [4.69, 9.17) is 10.7 Å². The van der Waals surface area contributed by atoms with Gasteiger partial charge in [0.2, 0.25) is 5.95 Å². The predicted molar refractivity (Wildman–Crippen MR) is 129 cm³/mol. The van der Waals surface area contributed by atoms with Gasteiger partial charge in [0, 0.05) is 44.1 Å². The van der Waals surface area contributed by atoms with Crippen molar-refractivity contribution >= 4 is 35.9 Å². The van der Waals surface area contributed by atoms with Crippen LogP contribution in [0.15, 0.2) is 23.5 Å². The van der Waals surface area contributed by atoms with Crippen molar-refractivity contribution < 1.29 is 0 Å². The molecule has 3 aliphatic rings. The lowest BCUT2D eigenvalue weighted by atomic mass is 9.79. The lowest BCUT2D eigenvalue weighted by Gasteiger charge is -2.47. The first-order chi connectivity index (χ1) is 13.8. The topological polar surface area (TPSA) is 73.9 Å². The zero-order valence-corrected chi connectivity index (χ0v) is 19.8. The standard InChI is InChI=1S/C21H35N7.HI/c22-19(26-14-16-27(17-15-26)20-23-10-7-11-24-20)25-18-21(8-3-1-4-9-21)28-12-5-2-6-13-28;/h7,10-11H,1-6,8-9,12-18H2,(H2,22,25);1H. The maximum atomic E-state index is 6.45. The number of nitrogens with zero attached hydrogens (tertiary/aromatic N) is 6. The molecule has 4 rings (SSSR count). The summed E-state index contributed by atoms with van der Waals surface area (Å²) >= 11 is 0. The average Bonchev–Trinajstić information content (AvgIpc) is 2.79. The molecule has 0 aromatic carbocycles. The Hall–Kier alpha value is -1.16. The Morgan fingerprint density at radius 3 is 2.17 bits per heavy atom. The average molecular weight is 513 g/mol. The van der Waals surface area contributed by atoms with Crippen molar-refractivity contribution in [3.63, 3.8) is 0 Å². The van der Waals surface area contributed by atoms with Crippen LogP contribution in [-0.4, -0.2) is 77.1 Å². The van der Waals surface area contributed by atoms with Crippen LogP contribution < -0.4 is 10.6 Å². The molecule has 0 unspecified atom stereocenters. The molecule has 2 N–H and O–H groups in total. The lowest BCUT2D eigenvalue weighted by molar-refractivity contribution is 0.0406. The van der Waals surface area contributed by atoms with Crippen LogP contribution in [0.3, 0.4) is 0 Å². The molecule has 2 aliphatic heterocycles. The molecule has 7 nitrogen and oxygen atoms in total. The fourth-order valence-corrected chi connectivity index (χ4v) is 5.07. The van der Waals surface area contributed by atoms with Crippen molar-refractivity contribution in [1.29, 1.82) is 0 Å². The van der Waals surface area contributed by atoms with Crippen LogP contribution in [0, 0.1) is 0 Å². The monoisotopic (exact) mass is 513 g/mol. The van der Waals surface area contributed by atoms with Gasteiger partial charge >= 0.3 is 0 Å². The number of nitrogens with two attached hydrogens (primary N) is 1. The fourth-order valence-electron chi connectivity index (χ4n) is 5.07. The molecule has 0 atom stereocenters. The maximum Gasteiger partial charge on any atom is 0.225 e. The summed E-state index contributed by atoms with van der Waals surface area (Å²) in [5.41, 5.74) is 6.70. The summed E-state index contributed by atoms with van der Waals surface area (Å²) in [5, 5.41) is 0. The second kappa shape index (κ2) is 10.7. The van der Waals surface area contributed by atoms with Gasteiger partial charge in [0.15, 0.2) is 5.96 Å². The summed E-state index contributed by atoms with van der Waals surface area (Å²) in [4.78, 5) is 20.9. The molecule has 0 amide bonds. The molecule has 162 valence electrons. The Bertz CT molecular complexity index is 634. The molecule has 29 heavy (non-hydrogen) atoms. The van der Waals surface area contributed by atoms with E-state index in [1.54, 1.807) is 12.4 Å². The highest BCUT2D eigenvalue weighted by Crippen LogP contribution is 2.36. The third-order valence-corrected chi connectivity index (χ3v) is 6.79. The summed E-state index contributed by atoms with van der Waals surface area (Å²) in [6.07, 6.45) is 14.3. The molecule has 0 bridgehead atoms. The highest BCUT2D eigenvalue weighted by Gasteiger charge is 2.38. The van der Waals surface area contributed by atoms with Crippen molar-refractivity contribution in [2.45, 2.75) is 56.9 Å². The molecular formula is C21H36IN7. The number of likely N-dealkylation sites (tertiary alicyclic amines) is 1. The number of rotatable bonds is 4. The SMILES string of the molecule is I.NC(=NCC1(N2CCCCC2)CCCCC1)N1CCN(c2ncccn2)CC1. The Balaban J connectivity index is 0.00000240. The number of hydrogen-bond donors (Lipinski definition) is 1. The van der Waals surface area contributed by atoms with E-state index in [0.717, 1.165) is 44.6 Å². The summed E-state index contributed by atoms with van der Waals surface area (Å²) in [6.45, 7) is 6.88. The van der Waals surface area contributed by atoms with Crippen LogP contribution in [0.2, 0.25) is 0 Å².